The number of rotatable bonds is 0. The normalized spacial score (nSPS) is 27.3. The third kappa shape index (κ3) is 0.981. The Morgan fingerprint density at radius 2 is 1.81 bits per heavy atom. The Hall–Kier alpha value is -1.16. The Morgan fingerprint density at radius 3 is 2.56 bits per heavy atom. The molecule has 2 heterocycles. The van der Waals surface area contributed by atoms with Crippen LogP contribution in [-0.2, 0) is 0 Å². The molecule has 0 radical (unpaired) electrons. The van der Waals surface area contributed by atoms with E-state index < -0.39 is 0 Å². The van der Waals surface area contributed by atoms with E-state index in [4.69, 9.17) is 11.6 Å². The minimum absolute atomic E-state index is 0.599. The molecule has 2 bridgehead atoms. The first-order chi connectivity index (χ1) is 7.84. The zero-order valence-electron chi connectivity index (χ0n) is 8.73. The van der Waals surface area contributed by atoms with Gasteiger partial charge in [-0.15, -0.1) is 10.2 Å². The van der Waals surface area contributed by atoms with Gasteiger partial charge in [0.2, 0.25) is 0 Å². The van der Waals surface area contributed by atoms with Gasteiger partial charge in [0.05, 0.1) is 0 Å². The summed E-state index contributed by atoms with van der Waals surface area (Å²) in [5.74, 6) is 1.22. The molecular weight excluding hydrogens is 224 g/mol. The molecule has 0 amide bonds. The lowest BCUT2D eigenvalue weighted by Crippen LogP contribution is -2.24. The second-order valence-electron chi connectivity index (χ2n) is 4.77. The molecule has 16 heavy (non-hydrogen) atoms. The summed E-state index contributed by atoms with van der Waals surface area (Å²) in [5.41, 5.74) is 3.48. The van der Waals surface area contributed by atoms with Crippen molar-refractivity contribution in [2.75, 3.05) is 0 Å². The molecule has 0 saturated heterocycles. The molecule has 0 aromatic carbocycles. The van der Waals surface area contributed by atoms with Crippen molar-refractivity contribution >= 4 is 17.2 Å². The molecule has 0 aliphatic heterocycles. The number of aromatic nitrogens is 4. The standard InChI is InChI=1S/C11H11ClN4/c12-10-8-6-1-3-7(4-2-6)9(8)11-14-13-5-16(11)15-10/h5-7H,1-4H2. The van der Waals surface area contributed by atoms with E-state index in [1.807, 2.05) is 0 Å². The molecule has 2 aromatic rings. The second-order valence-corrected chi connectivity index (χ2v) is 5.12. The molecule has 5 heteroatoms. The summed E-state index contributed by atoms with van der Waals surface area (Å²) in [7, 11) is 0. The third-order valence-electron chi connectivity index (χ3n) is 4.02. The summed E-state index contributed by atoms with van der Waals surface area (Å²) in [6.07, 6.45) is 6.66. The van der Waals surface area contributed by atoms with Gasteiger partial charge in [-0.05, 0) is 37.5 Å². The van der Waals surface area contributed by atoms with E-state index in [1.54, 1.807) is 10.8 Å². The monoisotopic (exact) mass is 234 g/mol. The summed E-state index contributed by atoms with van der Waals surface area (Å²) in [6, 6.07) is 0. The van der Waals surface area contributed by atoms with Crippen LogP contribution in [0.2, 0.25) is 5.15 Å². The van der Waals surface area contributed by atoms with E-state index in [0.29, 0.717) is 17.0 Å². The lowest BCUT2D eigenvalue weighted by Gasteiger charge is -2.38. The van der Waals surface area contributed by atoms with Gasteiger partial charge in [0.1, 0.15) is 6.33 Å². The minimum atomic E-state index is 0.599. The van der Waals surface area contributed by atoms with Crippen LogP contribution in [0.5, 0.6) is 0 Å². The summed E-state index contributed by atoms with van der Waals surface area (Å²) in [4.78, 5) is 0. The molecule has 0 atom stereocenters. The van der Waals surface area contributed by atoms with Crippen LogP contribution in [0.25, 0.3) is 5.65 Å². The van der Waals surface area contributed by atoms with Gasteiger partial charge < -0.3 is 0 Å². The van der Waals surface area contributed by atoms with Crippen LogP contribution in [0.4, 0.5) is 0 Å². The van der Waals surface area contributed by atoms with Crippen molar-refractivity contribution in [3.05, 3.63) is 22.6 Å². The highest BCUT2D eigenvalue weighted by Gasteiger charge is 2.37. The molecule has 4 nitrogen and oxygen atoms in total. The first-order valence-corrected chi connectivity index (χ1v) is 6.11. The van der Waals surface area contributed by atoms with Gasteiger partial charge in [0.25, 0.3) is 0 Å². The van der Waals surface area contributed by atoms with Crippen LogP contribution >= 0.6 is 11.6 Å². The molecule has 1 saturated carbocycles. The third-order valence-corrected chi connectivity index (χ3v) is 4.30. The van der Waals surface area contributed by atoms with Gasteiger partial charge >= 0.3 is 0 Å². The van der Waals surface area contributed by atoms with Crippen molar-refractivity contribution in [3.63, 3.8) is 0 Å². The van der Waals surface area contributed by atoms with Crippen LogP contribution < -0.4 is 0 Å². The van der Waals surface area contributed by atoms with Crippen LogP contribution in [0.1, 0.15) is 48.6 Å². The molecule has 82 valence electrons. The van der Waals surface area contributed by atoms with E-state index in [1.165, 1.54) is 36.8 Å². The molecular formula is C11H11ClN4. The van der Waals surface area contributed by atoms with Gasteiger partial charge in [0, 0.05) is 11.1 Å². The molecule has 1 fully saturated rings. The van der Waals surface area contributed by atoms with Crippen molar-refractivity contribution in [2.45, 2.75) is 37.5 Å². The van der Waals surface area contributed by atoms with Crippen LogP contribution in [0, 0.1) is 0 Å². The number of hydrogen-bond donors (Lipinski definition) is 0. The fourth-order valence-corrected chi connectivity index (χ4v) is 3.66. The Labute approximate surface area is 97.6 Å². The van der Waals surface area contributed by atoms with E-state index >= 15 is 0 Å². The number of hydrogen-bond acceptors (Lipinski definition) is 3. The topological polar surface area (TPSA) is 43.1 Å². The molecule has 3 aliphatic rings. The Bertz CT molecular complexity index is 569. The fourth-order valence-electron chi connectivity index (χ4n) is 3.32. The average molecular weight is 235 g/mol. The Kier molecular flexibility index (Phi) is 1.64. The van der Waals surface area contributed by atoms with E-state index in [-0.39, 0.29) is 0 Å². The van der Waals surface area contributed by atoms with Crippen molar-refractivity contribution in [1.29, 1.82) is 0 Å². The van der Waals surface area contributed by atoms with Crippen molar-refractivity contribution in [1.82, 2.24) is 19.8 Å². The lowest BCUT2D eigenvalue weighted by molar-refractivity contribution is 0.358. The maximum Gasteiger partial charge on any atom is 0.181 e. The first kappa shape index (κ1) is 8.93. The molecule has 0 unspecified atom stereocenters. The maximum atomic E-state index is 6.28. The van der Waals surface area contributed by atoms with Crippen LogP contribution in [0.3, 0.4) is 0 Å². The first-order valence-electron chi connectivity index (χ1n) is 5.74. The fraction of sp³-hybridized carbons (Fsp3) is 0.545. The summed E-state index contributed by atoms with van der Waals surface area (Å²) in [5, 5.41) is 13.1. The number of nitrogens with zero attached hydrogens (tertiary/aromatic N) is 4. The van der Waals surface area contributed by atoms with Gasteiger partial charge in [-0.25, -0.2) is 0 Å². The highest BCUT2D eigenvalue weighted by Crippen LogP contribution is 2.51. The Morgan fingerprint density at radius 1 is 1.12 bits per heavy atom. The van der Waals surface area contributed by atoms with Gasteiger partial charge in [-0.2, -0.15) is 9.61 Å². The predicted molar refractivity (Wildman–Crippen MR) is 59.7 cm³/mol. The van der Waals surface area contributed by atoms with Crippen LogP contribution in [0.15, 0.2) is 6.33 Å². The van der Waals surface area contributed by atoms with E-state index in [9.17, 15) is 0 Å². The highest BCUT2D eigenvalue weighted by atomic mass is 35.5. The SMILES string of the molecule is Clc1nn2cnnc2c2c1C1CCC2CC1. The molecule has 0 spiro atoms. The van der Waals surface area contributed by atoms with Gasteiger partial charge in [-0.3, -0.25) is 0 Å². The minimum Gasteiger partial charge on any atom is -0.199 e. The quantitative estimate of drug-likeness (QED) is 0.704. The van der Waals surface area contributed by atoms with E-state index in [2.05, 4.69) is 15.3 Å². The van der Waals surface area contributed by atoms with Crippen LogP contribution in [-0.4, -0.2) is 19.8 Å². The van der Waals surface area contributed by atoms with Crippen molar-refractivity contribution < 1.29 is 0 Å². The zero-order chi connectivity index (χ0) is 10.7. The van der Waals surface area contributed by atoms with Gasteiger partial charge in [0.15, 0.2) is 10.8 Å². The number of halogens is 1. The summed E-state index contributed by atoms with van der Waals surface area (Å²) in [6.45, 7) is 0. The summed E-state index contributed by atoms with van der Waals surface area (Å²) < 4.78 is 1.71. The van der Waals surface area contributed by atoms with Crippen molar-refractivity contribution in [2.24, 2.45) is 0 Å². The smallest absolute Gasteiger partial charge is 0.181 e. The Balaban J connectivity index is 2.14. The predicted octanol–water partition coefficient (Wildman–Crippen LogP) is 2.53. The maximum absolute atomic E-state index is 6.28. The van der Waals surface area contributed by atoms with Crippen molar-refractivity contribution in [3.8, 4) is 0 Å². The lowest BCUT2D eigenvalue weighted by atomic mass is 9.68. The summed E-state index contributed by atoms with van der Waals surface area (Å²) >= 11 is 6.28. The second kappa shape index (κ2) is 2.94. The molecule has 5 rings (SSSR count). The number of fused-ring (bicyclic) bond motifs is 3. The molecule has 3 aliphatic carbocycles. The zero-order valence-corrected chi connectivity index (χ0v) is 9.48. The molecule has 0 N–H and O–H groups in total. The van der Waals surface area contributed by atoms with Gasteiger partial charge in [-0.1, -0.05) is 11.6 Å². The largest absolute Gasteiger partial charge is 0.199 e. The highest BCUT2D eigenvalue weighted by molar-refractivity contribution is 6.30. The van der Waals surface area contributed by atoms with E-state index in [0.717, 1.165) is 5.65 Å². The average Bonchev–Trinajstić information content (AvgIpc) is 2.78. The molecule has 2 aromatic heterocycles.